The van der Waals surface area contributed by atoms with Gasteiger partial charge in [0.05, 0.1) is 0 Å². The number of rotatable bonds is 8. The molecular formula is C29H37N5O7. The van der Waals surface area contributed by atoms with Crippen molar-refractivity contribution in [3.63, 3.8) is 0 Å². The molecule has 12 heteroatoms. The van der Waals surface area contributed by atoms with Crippen molar-refractivity contribution >= 4 is 12.0 Å². The molecule has 4 rings (SSSR count). The van der Waals surface area contributed by atoms with Gasteiger partial charge in [-0.15, -0.1) is 0 Å². The Morgan fingerprint density at radius 2 is 1.90 bits per heavy atom. The fraction of sp³-hybridized carbons (Fsp3) is 0.483. The summed E-state index contributed by atoms with van der Waals surface area (Å²) in [7, 11) is 1.55. The van der Waals surface area contributed by atoms with Crippen LogP contribution in [0.1, 0.15) is 74.8 Å². The summed E-state index contributed by atoms with van der Waals surface area (Å²) in [4.78, 5) is 45.1. The van der Waals surface area contributed by atoms with E-state index in [2.05, 4.69) is 20.5 Å². The number of nitrogens with zero attached hydrogens (tertiary/aromatic N) is 3. The Bertz CT molecular complexity index is 1420. The Kier molecular flexibility index (Phi) is 8.81. The molecule has 1 unspecified atom stereocenters. The number of carbonyl (C=O) groups excluding carboxylic acids is 2. The molecule has 3 aromatic rings. The van der Waals surface area contributed by atoms with Gasteiger partial charge in [-0.3, -0.25) is 14.7 Å². The zero-order valence-electron chi connectivity index (χ0n) is 24.0. The molecule has 0 bridgehead atoms. The van der Waals surface area contributed by atoms with Crippen molar-refractivity contribution in [2.45, 2.75) is 70.6 Å². The molecule has 220 valence electrons. The van der Waals surface area contributed by atoms with Gasteiger partial charge in [-0.1, -0.05) is 30.3 Å². The smallest absolute Gasteiger partial charge is 0.410 e. The molecule has 0 spiro atoms. The van der Waals surface area contributed by atoms with Gasteiger partial charge < -0.3 is 29.2 Å². The van der Waals surface area contributed by atoms with Crippen molar-refractivity contribution in [3.8, 4) is 5.75 Å². The second-order valence-electron chi connectivity index (χ2n) is 11.3. The van der Waals surface area contributed by atoms with E-state index in [1.54, 1.807) is 39.7 Å². The molecule has 3 heterocycles. The lowest BCUT2D eigenvalue weighted by Gasteiger charge is -2.41. The SMILES string of the molecule is COCc1nc(C(NC(=O)CC2(c3oc(C)cc(=O)c3O)CCN(C(=O)OC(C)(C)C)CC2)c2ccccc2)n[nH]1. The highest BCUT2D eigenvalue weighted by Gasteiger charge is 2.45. The summed E-state index contributed by atoms with van der Waals surface area (Å²) in [5.41, 5.74) is -1.54. The molecule has 0 radical (unpaired) electrons. The number of piperidine rings is 1. The van der Waals surface area contributed by atoms with Crippen LogP contribution in [0.2, 0.25) is 0 Å². The first-order valence-electron chi connectivity index (χ1n) is 13.5. The summed E-state index contributed by atoms with van der Waals surface area (Å²) < 4.78 is 16.6. The molecule has 2 amide bonds. The van der Waals surface area contributed by atoms with Crippen LogP contribution in [0.4, 0.5) is 4.79 Å². The zero-order chi connectivity index (χ0) is 29.8. The number of carbonyl (C=O) groups is 2. The molecule has 1 aliphatic rings. The van der Waals surface area contributed by atoms with E-state index in [-0.39, 0.29) is 50.6 Å². The number of aromatic hydroxyl groups is 1. The molecule has 1 aromatic carbocycles. The van der Waals surface area contributed by atoms with Crippen LogP contribution < -0.4 is 10.7 Å². The molecule has 0 aliphatic carbocycles. The van der Waals surface area contributed by atoms with Crippen molar-refractivity contribution in [2.75, 3.05) is 20.2 Å². The fourth-order valence-electron chi connectivity index (χ4n) is 4.99. The minimum absolute atomic E-state index is 0.0398. The third kappa shape index (κ3) is 7.12. The van der Waals surface area contributed by atoms with E-state index in [9.17, 15) is 19.5 Å². The van der Waals surface area contributed by atoms with Crippen LogP contribution in [0.25, 0.3) is 0 Å². The Morgan fingerprint density at radius 1 is 1.22 bits per heavy atom. The average molecular weight is 568 g/mol. The maximum absolute atomic E-state index is 13.8. The van der Waals surface area contributed by atoms with Gasteiger partial charge in [-0.05, 0) is 46.1 Å². The molecule has 1 aliphatic heterocycles. The lowest BCUT2D eigenvalue weighted by Crippen LogP contribution is -2.49. The summed E-state index contributed by atoms with van der Waals surface area (Å²) in [6.07, 6.45) is -0.0675. The van der Waals surface area contributed by atoms with Gasteiger partial charge in [0.25, 0.3) is 0 Å². The van der Waals surface area contributed by atoms with Gasteiger partial charge in [-0.25, -0.2) is 9.78 Å². The van der Waals surface area contributed by atoms with Gasteiger partial charge in [0, 0.05) is 38.1 Å². The van der Waals surface area contributed by atoms with E-state index in [0.29, 0.717) is 17.4 Å². The number of hydrogen-bond donors (Lipinski definition) is 3. The predicted octanol–water partition coefficient (Wildman–Crippen LogP) is 3.48. The Hall–Kier alpha value is -4.19. The number of nitrogens with one attached hydrogen (secondary N) is 2. The summed E-state index contributed by atoms with van der Waals surface area (Å²) in [6, 6.07) is 9.81. The summed E-state index contributed by atoms with van der Waals surface area (Å²) in [6.45, 7) is 7.69. The Labute approximate surface area is 238 Å². The number of likely N-dealkylation sites (tertiary alicyclic amines) is 1. The number of benzene rings is 1. The third-order valence-electron chi connectivity index (χ3n) is 6.93. The lowest BCUT2D eigenvalue weighted by molar-refractivity contribution is -0.123. The number of amides is 2. The Balaban J connectivity index is 1.63. The van der Waals surface area contributed by atoms with Crippen LogP contribution in [-0.4, -0.2) is 63.0 Å². The predicted molar refractivity (Wildman–Crippen MR) is 148 cm³/mol. The standard InChI is InChI=1S/C29H37N5O7/c1-18-15-20(35)24(37)25(40-18)29(11-13-34(14-12-29)27(38)41-28(2,3)4)16-22(36)31-23(19-9-7-6-8-10-19)26-30-21(17-39-5)32-33-26/h6-10,15,23,37H,11-14,16-17H2,1-5H3,(H,31,36)(H,30,32,33). The highest BCUT2D eigenvalue weighted by atomic mass is 16.6. The largest absolute Gasteiger partial charge is 0.502 e. The quantitative estimate of drug-likeness (QED) is 0.370. The minimum Gasteiger partial charge on any atom is -0.502 e. The van der Waals surface area contributed by atoms with Crippen LogP contribution in [0.15, 0.2) is 45.6 Å². The summed E-state index contributed by atoms with van der Waals surface area (Å²) in [5, 5.41) is 20.9. The van der Waals surface area contributed by atoms with Crippen LogP contribution in [0, 0.1) is 6.92 Å². The van der Waals surface area contributed by atoms with Crippen molar-refractivity contribution in [1.82, 2.24) is 25.4 Å². The summed E-state index contributed by atoms with van der Waals surface area (Å²) >= 11 is 0. The molecule has 41 heavy (non-hydrogen) atoms. The number of H-pyrrole nitrogens is 1. The van der Waals surface area contributed by atoms with E-state index in [4.69, 9.17) is 13.9 Å². The lowest BCUT2D eigenvalue weighted by atomic mass is 9.72. The first kappa shape index (κ1) is 29.8. The molecular weight excluding hydrogens is 530 g/mol. The number of aryl methyl sites for hydroxylation is 1. The first-order valence-corrected chi connectivity index (χ1v) is 13.5. The molecule has 2 aromatic heterocycles. The van der Waals surface area contributed by atoms with Crippen molar-refractivity contribution in [1.29, 1.82) is 0 Å². The molecule has 1 atom stereocenters. The average Bonchev–Trinajstić information content (AvgIpc) is 3.37. The highest BCUT2D eigenvalue weighted by molar-refractivity contribution is 5.79. The number of aromatic nitrogens is 3. The number of hydrogen-bond acceptors (Lipinski definition) is 9. The molecule has 12 nitrogen and oxygen atoms in total. The van der Waals surface area contributed by atoms with Crippen LogP contribution in [0.3, 0.4) is 0 Å². The molecule has 0 saturated carbocycles. The van der Waals surface area contributed by atoms with Crippen molar-refractivity contribution in [3.05, 3.63) is 75.4 Å². The second kappa shape index (κ2) is 12.1. The number of aromatic amines is 1. The van der Waals surface area contributed by atoms with Gasteiger partial charge in [0.15, 0.2) is 17.4 Å². The zero-order valence-corrected chi connectivity index (χ0v) is 24.0. The summed E-state index contributed by atoms with van der Waals surface area (Å²) in [5.74, 6) is 0.312. The van der Waals surface area contributed by atoms with Gasteiger partial charge in [-0.2, -0.15) is 5.10 Å². The first-order chi connectivity index (χ1) is 19.4. The maximum atomic E-state index is 13.8. The van der Waals surface area contributed by atoms with E-state index < -0.39 is 34.3 Å². The third-order valence-corrected chi connectivity index (χ3v) is 6.93. The van der Waals surface area contributed by atoms with E-state index >= 15 is 0 Å². The van der Waals surface area contributed by atoms with Crippen LogP contribution in [0.5, 0.6) is 5.75 Å². The molecule has 1 saturated heterocycles. The fourth-order valence-corrected chi connectivity index (χ4v) is 4.99. The minimum atomic E-state index is -1.06. The number of ether oxygens (including phenoxy) is 2. The van der Waals surface area contributed by atoms with Gasteiger partial charge in [0.1, 0.15) is 24.0 Å². The van der Waals surface area contributed by atoms with Crippen molar-refractivity contribution < 1.29 is 28.6 Å². The normalized spacial score (nSPS) is 15.8. The van der Waals surface area contributed by atoms with E-state index in [1.165, 1.54) is 6.07 Å². The topological polar surface area (TPSA) is 160 Å². The van der Waals surface area contributed by atoms with Gasteiger partial charge in [0.2, 0.25) is 17.1 Å². The number of methoxy groups -OCH3 is 1. The molecule has 3 N–H and O–H groups in total. The van der Waals surface area contributed by atoms with Crippen molar-refractivity contribution in [2.24, 2.45) is 0 Å². The van der Waals surface area contributed by atoms with Crippen LogP contribution >= 0.6 is 0 Å². The molecule has 1 fully saturated rings. The maximum Gasteiger partial charge on any atom is 0.410 e. The van der Waals surface area contributed by atoms with E-state index in [0.717, 1.165) is 5.56 Å². The monoisotopic (exact) mass is 567 g/mol. The van der Waals surface area contributed by atoms with E-state index in [1.807, 2.05) is 30.3 Å². The second-order valence-corrected chi connectivity index (χ2v) is 11.3. The van der Waals surface area contributed by atoms with Crippen LogP contribution in [-0.2, 0) is 26.3 Å². The highest BCUT2D eigenvalue weighted by Crippen LogP contribution is 2.42. The van der Waals surface area contributed by atoms with Gasteiger partial charge >= 0.3 is 6.09 Å². The Morgan fingerprint density at radius 3 is 2.54 bits per heavy atom.